The number of rotatable bonds is 6. The normalized spacial score (nSPS) is 12.5. The van der Waals surface area contributed by atoms with E-state index >= 15 is 0 Å². The molecule has 0 aromatic heterocycles. The molecule has 4 nitrogen and oxygen atoms in total. The number of hydrogen-bond acceptors (Lipinski definition) is 3. The van der Waals surface area contributed by atoms with E-state index in [-0.39, 0.29) is 12.6 Å². The molecule has 0 aliphatic carbocycles. The number of benzene rings is 1. The number of methoxy groups -OCH3 is 1. The van der Waals surface area contributed by atoms with E-state index in [2.05, 4.69) is 0 Å². The van der Waals surface area contributed by atoms with Crippen molar-refractivity contribution in [3.05, 3.63) is 29.3 Å². The van der Waals surface area contributed by atoms with Gasteiger partial charge in [-0.3, -0.25) is 9.69 Å². The SMILES string of the molecule is CCN(CC(=O)O)C(C)c1cc(C)ccc1OC. The first kappa shape index (κ1) is 14.5. The highest BCUT2D eigenvalue weighted by atomic mass is 16.5. The molecule has 0 heterocycles. The fourth-order valence-corrected chi connectivity index (χ4v) is 2.07. The summed E-state index contributed by atoms with van der Waals surface area (Å²) in [5.41, 5.74) is 2.17. The second-order valence-electron chi connectivity index (χ2n) is 4.38. The summed E-state index contributed by atoms with van der Waals surface area (Å²) >= 11 is 0. The van der Waals surface area contributed by atoms with Crippen LogP contribution in [-0.4, -0.2) is 36.2 Å². The van der Waals surface area contributed by atoms with E-state index < -0.39 is 5.97 Å². The van der Waals surface area contributed by atoms with Gasteiger partial charge in [0.1, 0.15) is 5.75 Å². The molecule has 4 heteroatoms. The minimum absolute atomic E-state index is 0.0148. The Labute approximate surface area is 108 Å². The Hall–Kier alpha value is -1.55. The van der Waals surface area contributed by atoms with Crippen LogP contribution >= 0.6 is 0 Å². The van der Waals surface area contributed by atoms with Gasteiger partial charge in [0.15, 0.2) is 0 Å². The van der Waals surface area contributed by atoms with Crippen LogP contribution in [0.5, 0.6) is 5.75 Å². The Kier molecular flexibility index (Phi) is 5.16. The van der Waals surface area contributed by atoms with Crippen molar-refractivity contribution in [2.24, 2.45) is 0 Å². The van der Waals surface area contributed by atoms with Gasteiger partial charge in [0, 0.05) is 11.6 Å². The largest absolute Gasteiger partial charge is 0.496 e. The Bertz CT molecular complexity index is 418. The predicted octanol–water partition coefficient (Wildman–Crippen LogP) is 2.47. The maximum Gasteiger partial charge on any atom is 0.317 e. The molecule has 1 rings (SSSR count). The van der Waals surface area contributed by atoms with E-state index in [9.17, 15) is 4.79 Å². The third kappa shape index (κ3) is 3.47. The summed E-state index contributed by atoms with van der Waals surface area (Å²) in [6.07, 6.45) is 0. The molecule has 0 aliphatic heterocycles. The van der Waals surface area contributed by atoms with Crippen LogP contribution in [0.2, 0.25) is 0 Å². The second-order valence-corrected chi connectivity index (χ2v) is 4.38. The number of aryl methyl sites for hydroxylation is 1. The first-order valence-electron chi connectivity index (χ1n) is 6.10. The zero-order valence-electron chi connectivity index (χ0n) is 11.4. The lowest BCUT2D eigenvalue weighted by Crippen LogP contribution is -2.32. The Balaban J connectivity index is 3.03. The van der Waals surface area contributed by atoms with E-state index in [1.807, 2.05) is 43.9 Å². The van der Waals surface area contributed by atoms with Crippen LogP contribution in [0.3, 0.4) is 0 Å². The number of carboxylic acid groups (broad SMARTS) is 1. The minimum Gasteiger partial charge on any atom is -0.496 e. The molecule has 1 N–H and O–H groups in total. The van der Waals surface area contributed by atoms with Crippen LogP contribution in [0.4, 0.5) is 0 Å². The summed E-state index contributed by atoms with van der Waals surface area (Å²) in [4.78, 5) is 12.8. The Morgan fingerprint density at radius 2 is 2.17 bits per heavy atom. The summed E-state index contributed by atoms with van der Waals surface area (Å²) in [6, 6.07) is 5.98. The van der Waals surface area contributed by atoms with Crippen molar-refractivity contribution in [1.82, 2.24) is 4.90 Å². The van der Waals surface area contributed by atoms with Gasteiger partial charge in [0.05, 0.1) is 13.7 Å². The summed E-state index contributed by atoms with van der Waals surface area (Å²) in [5.74, 6) is -0.00717. The lowest BCUT2D eigenvalue weighted by molar-refractivity contribution is -0.138. The molecule has 100 valence electrons. The highest BCUT2D eigenvalue weighted by molar-refractivity contribution is 5.69. The first-order chi connectivity index (χ1) is 8.49. The Morgan fingerprint density at radius 3 is 2.67 bits per heavy atom. The van der Waals surface area contributed by atoms with E-state index in [0.717, 1.165) is 16.9 Å². The van der Waals surface area contributed by atoms with Crippen molar-refractivity contribution in [2.45, 2.75) is 26.8 Å². The molecule has 1 aromatic rings. The summed E-state index contributed by atoms with van der Waals surface area (Å²) in [7, 11) is 1.63. The molecule has 0 spiro atoms. The summed E-state index contributed by atoms with van der Waals surface area (Å²) in [6.45, 7) is 6.70. The van der Waals surface area contributed by atoms with Crippen LogP contribution in [0.25, 0.3) is 0 Å². The highest BCUT2D eigenvalue weighted by Crippen LogP contribution is 2.29. The molecular weight excluding hydrogens is 230 g/mol. The van der Waals surface area contributed by atoms with Gasteiger partial charge in [-0.2, -0.15) is 0 Å². The van der Waals surface area contributed by atoms with Gasteiger partial charge >= 0.3 is 5.97 Å². The average molecular weight is 251 g/mol. The number of ether oxygens (including phenoxy) is 1. The third-order valence-corrected chi connectivity index (χ3v) is 3.13. The van der Waals surface area contributed by atoms with Crippen LogP contribution in [0.15, 0.2) is 18.2 Å². The fourth-order valence-electron chi connectivity index (χ4n) is 2.07. The number of carboxylic acids is 1. The fraction of sp³-hybridized carbons (Fsp3) is 0.500. The van der Waals surface area contributed by atoms with Crippen LogP contribution in [0, 0.1) is 6.92 Å². The topological polar surface area (TPSA) is 49.8 Å². The van der Waals surface area contributed by atoms with Gasteiger partial charge in [0.2, 0.25) is 0 Å². The van der Waals surface area contributed by atoms with E-state index in [1.54, 1.807) is 7.11 Å². The molecule has 1 aromatic carbocycles. The quantitative estimate of drug-likeness (QED) is 0.843. The van der Waals surface area contributed by atoms with E-state index in [1.165, 1.54) is 0 Å². The van der Waals surface area contributed by atoms with Crippen LogP contribution in [0.1, 0.15) is 31.0 Å². The lowest BCUT2D eigenvalue weighted by atomic mass is 10.0. The zero-order valence-corrected chi connectivity index (χ0v) is 11.4. The van der Waals surface area contributed by atoms with Crippen molar-refractivity contribution in [2.75, 3.05) is 20.2 Å². The predicted molar refractivity (Wildman–Crippen MR) is 71.0 cm³/mol. The van der Waals surface area contributed by atoms with Gasteiger partial charge in [-0.1, -0.05) is 24.6 Å². The highest BCUT2D eigenvalue weighted by Gasteiger charge is 2.20. The number of aliphatic carboxylic acids is 1. The van der Waals surface area contributed by atoms with E-state index in [0.29, 0.717) is 6.54 Å². The molecule has 0 bridgehead atoms. The van der Waals surface area contributed by atoms with Crippen molar-refractivity contribution >= 4 is 5.97 Å². The van der Waals surface area contributed by atoms with Crippen LogP contribution in [-0.2, 0) is 4.79 Å². The molecular formula is C14H21NO3. The van der Waals surface area contributed by atoms with Crippen molar-refractivity contribution < 1.29 is 14.6 Å². The first-order valence-corrected chi connectivity index (χ1v) is 6.10. The van der Waals surface area contributed by atoms with Gasteiger partial charge < -0.3 is 9.84 Å². The van der Waals surface area contributed by atoms with Crippen molar-refractivity contribution in [3.8, 4) is 5.75 Å². The van der Waals surface area contributed by atoms with E-state index in [4.69, 9.17) is 9.84 Å². The maximum atomic E-state index is 10.9. The molecule has 0 aliphatic rings. The summed E-state index contributed by atoms with van der Waals surface area (Å²) < 4.78 is 5.35. The molecule has 0 saturated carbocycles. The number of hydrogen-bond donors (Lipinski definition) is 1. The molecule has 0 saturated heterocycles. The zero-order chi connectivity index (χ0) is 13.7. The third-order valence-electron chi connectivity index (χ3n) is 3.13. The number of carbonyl (C=O) groups is 1. The van der Waals surface area contributed by atoms with Crippen molar-refractivity contribution in [3.63, 3.8) is 0 Å². The molecule has 18 heavy (non-hydrogen) atoms. The van der Waals surface area contributed by atoms with Crippen LogP contribution < -0.4 is 4.74 Å². The minimum atomic E-state index is -0.810. The number of likely N-dealkylation sites (N-methyl/N-ethyl adjacent to an activating group) is 1. The van der Waals surface area contributed by atoms with Gasteiger partial charge in [-0.25, -0.2) is 0 Å². The molecule has 0 radical (unpaired) electrons. The maximum absolute atomic E-state index is 10.9. The Morgan fingerprint density at radius 1 is 1.50 bits per heavy atom. The summed E-state index contributed by atoms with van der Waals surface area (Å²) in [5, 5.41) is 8.92. The van der Waals surface area contributed by atoms with Gasteiger partial charge in [0.25, 0.3) is 0 Å². The second kappa shape index (κ2) is 6.40. The number of nitrogens with zero attached hydrogens (tertiary/aromatic N) is 1. The molecule has 1 unspecified atom stereocenters. The van der Waals surface area contributed by atoms with Gasteiger partial charge in [-0.05, 0) is 26.5 Å². The molecule has 0 amide bonds. The monoisotopic (exact) mass is 251 g/mol. The van der Waals surface area contributed by atoms with Crippen molar-refractivity contribution in [1.29, 1.82) is 0 Å². The lowest BCUT2D eigenvalue weighted by Gasteiger charge is -2.27. The standard InChI is InChI=1S/C14H21NO3/c1-5-15(9-14(16)17)11(3)12-8-10(2)6-7-13(12)18-4/h6-8,11H,5,9H2,1-4H3,(H,16,17). The van der Waals surface area contributed by atoms with Gasteiger partial charge in [-0.15, -0.1) is 0 Å². The smallest absolute Gasteiger partial charge is 0.317 e. The molecule has 1 atom stereocenters. The average Bonchev–Trinajstić information content (AvgIpc) is 2.34. The molecule has 0 fully saturated rings.